The number of sulfonamides is 1. The number of nitrogens with zero attached hydrogens (tertiary/aromatic N) is 2. The second kappa shape index (κ2) is 13.8. The van der Waals surface area contributed by atoms with E-state index in [0.717, 1.165) is 37.8 Å². The van der Waals surface area contributed by atoms with Gasteiger partial charge in [-0.25, -0.2) is 12.8 Å². The summed E-state index contributed by atoms with van der Waals surface area (Å²) in [5.41, 5.74) is 1.39. The molecule has 1 saturated carbocycles. The molecule has 2 atom stereocenters. The summed E-state index contributed by atoms with van der Waals surface area (Å²) in [6, 6.07) is 16.1. The lowest BCUT2D eigenvalue weighted by atomic mass is 9.76. The van der Waals surface area contributed by atoms with Crippen LogP contribution in [0.2, 0.25) is 0 Å². The first-order chi connectivity index (χ1) is 18.7. The minimum absolute atomic E-state index is 0.0603. The van der Waals surface area contributed by atoms with Crippen LogP contribution in [0.1, 0.15) is 44.1 Å². The van der Waals surface area contributed by atoms with Crippen molar-refractivity contribution in [1.82, 2.24) is 14.5 Å². The number of ether oxygens (including phenoxy) is 1. The van der Waals surface area contributed by atoms with Crippen molar-refractivity contribution in [3.63, 3.8) is 0 Å². The topological polar surface area (TPSA) is 79.0 Å². The predicted molar refractivity (Wildman–Crippen MR) is 150 cm³/mol. The zero-order valence-electron chi connectivity index (χ0n) is 23.1. The van der Waals surface area contributed by atoms with Gasteiger partial charge in [-0.3, -0.25) is 4.79 Å². The van der Waals surface area contributed by atoms with E-state index in [0.29, 0.717) is 37.4 Å². The van der Waals surface area contributed by atoms with Gasteiger partial charge in [0.05, 0.1) is 11.0 Å². The monoisotopic (exact) mass is 559 g/mol. The summed E-state index contributed by atoms with van der Waals surface area (Å²) >= 11 is 0. The number of nitrogens with one attached hydrogen (secondary N) is 1. The van der Waals surface area contributed by atoms with Gasteiger partial charge in [-0.15, -0.1) is 0 Å². The van der Waals surface area contributed by atoms with Gasteiger partial charge in [0.25, 0.3) is 0 Å². The average molecular weight is 560 g/mol. The van der Waals surface area contributed by atoms with Crippen LogP contribution in [-0.4, -0.2) is 76.0 Å². The van der Waals surface area contributed by atoms with Crippen LogP contribution in [0.4, 0.5) is 4.39 Å². The minimum Gasteiger partial charge on any atom is -0.367 e. The molecule has 0 radical (unpaired) electrons. The van der Waals surface area contributed by atoms with Crippen molar-refractivity contribution >= 4 is 15.9 Å². The standard InChI is InChI=1S/C30H42FN3O4S/c1-33(2)29(17-10-23-6-4-3-5-7-23)25-11-8-24(9-12-25)20-32-30(35)22-38-27-18-19-34(21-27)39(36,37)28-15-13-26(31)14-16-28/h3-7,13-16,24-25,27,29H,8-12,17-22H2,1-2H3,(H,32,35). The van der Waals surface area contributed by atoms with Crippen LogP contribution in [0, 0.1) is 17.7 Å². The Labute approximate surface area is 232 Å². The molecule has 2 unspecified atom stereocenters. The maximum Gasteiger partial charge on any atom is 0.246 e. The molecule has 2 aliphatic rings. The Morgan fingerprint density at radius 3 is 2.41 bits per heavy atom. The lowest BCUT2D eigenvalue weighted by Gasteiger charge is -2.37. The number of hydrogen-bond donors (Lipinski definition) is 1. The van der Waals surface area contributed by atoms with E-state index < -0.39 is 15.8 Å². The Bertz CT molecular complexity index is 1150. The highest BCUT2D eigenvalue weighted by atomic mass is 32.2. The number of rotatable bonds is 12. The average Bonchev–Trinajstić information content (AvgIpc) is 3.42. The summed E-state index contributed by atoms with van der Waals surface area (Å²) < 4.78 is 45.8. The van der Waals surface area contributed by atoms with Crippen molar-refractivity contribution in [2.24, 2.45) is 11.8 Å². The smallest absolute Gasteiger partial charge is 0.246 e. The van der Waals surface area contributed by atoms with Crippen molar-refractivity contribution in [2.45, 2.75) is 62.0 Å². The van der Waals surface area contributed by atoms with Crippen LogP contribution in [-0.2, 0) is 26.0 Å². The first-order valence-corrected chi connectivity index (χ1v) is 15.5. The van der Waals surface area contributed by atoms with Crippen molar-refractivity contribution < 1.29 is 22.3 Å². The maximum atomic E-state index is 13.2. The first-order valence-electron chi connectivity index (χ1n) is 14.1. The number of benzene rings is 2. The third-order valence-corrected chi connectivity index (χ3v) is 10.1. The van der Waals surface area contributed by atoms with Gasteiger partial charge >= 0.3 is 0 Å². The highest BCUT2D eigenvalue weighted by molar-refractivity contribution is 7.89. The Kier molecular flexibility index (Phi) is 10.5. The van der Waals surface area contributed by atoms with Crippen LogP contribution in [0.3, 0.4) is 0 Å². The van der Waals surface area contributed by atoms with Gasteiger partial charge in [0.1, 0.15) is 12.4 Å². The molecular formula is C30H42FN3O4S. The molecule has 39 heavy (non-hydrogen) atoms. The molecule has 1 saturated heterocycles. The first kappa shape index (κ1) is 29.6. The van der Waals surface area contributed by atoms with Crippen molar-refractivity contribution in [2.75, 3.05) is 40.3 Å². The fraction of sp³-hybridized carbons (Fsp3) is 0.567. The fourth-order valence-corrected chi connectivity index (χ4v) is 7.45. The second-order valence-corrected chi connectivity index (χ2v) is 13.1. The summed E-state index contributed by atoms with van der Waals surface area (Å²) in [5.74, 6) is 0.513. The largest absolute Gasteiger partial charge is 0.367 e. The van der Waals surface area contributed by atoms with Gasteiger partial charge in [-0.2, -0.15) is 4.31 Å². The third-order valence-electron chi connectivity index (χ3n) is 8.27. The van der Waals surface area contributed by atoms with Gasteiger partial charge in [0.2, 0.25) is 15.9 Å². The van der Waals surface area contributed by atoms with E-state index in [4.69, 9.17) is 4.74 Å². The van der Waals surface area contributed by atoms with Crippen molar-refractivity contribution in [3.8, 4) is 0 Å². The third kappa shape index (κ3) is 8.33. The Morgan fingerprint density at radius 1 is 1.05 bits per heavy atom. The van der Waals surface area contributed by atoms with E-state index in [1.54, 1.807) is 0 Å². The Morgan fingerprint density at radius 2 is 1.74 bits per heavy atom. The normalized spacial score (nSPS) is 23.1. The molecule has 7 nitrogen and oxygen atoms in total. The van der Waals surface area contributed by atoms with Crippen LogP contribution in [0.5, 0.6) is 0 Å². The molecule has 2 aromatic rings. The molecule has 1 aliphatic heterocycles. The quantitative estimate of drug-likeness (QED) is 0.424. The summed E-state index contributed by atoms with van der Waals surface area (Å²) in [7, 11) is 0.666. The Hall–Kier alpha value is -2.33. The number of amides is 1. The highest BCUT2D eigenvalue weighted by Gasteiger charge is 2.33. The van der Waals surface area contributed by atoms with Gasteiger partial charge in [-0.05, 0) is 101 Å². The zero-order chi connectivity index (χ0) is 27.8. The number of aryl methyl sites for hydroxylation is 1. The molecule has 4 rings (SSSR count). The molecule has 0 spiro atoms. The number of carbonyl (C=O) groups excluding carboxylic acids is 1. The molecular weight excluding hydrogens is 517 g/mol. The molecule has 0 bridgehead atoms. The van der Waals surface area contributed by atoms with E-state index in [2.05, 4.69) is 54.6 Å². The minimum atomic E-state index is -3.70. The van der Waals surface area contributed by atoms with Gasteiger partial charge in [-0.1, -0.05) is 30.3 Å². The van der Waals surface area contributed by atoms with E-state index in [1.807, 2.05) is 0 Å². The molecule has 1 amide bonds. The molecule has 1 aliphatic carbocycles. The lowest BCUT2D eigenvalue weighted by molar-refractivity contribution is -0.127. The van der Waals surface area contributed by atoms with Gasteiger partial charge in [0, 0.05) is 25.7 Å². The van der Waals surface area contributed by atoms with Crippen LogP contribution < -0.4 is 5.32 Å². The lowest BCUT2D eigenvalue weighted by Crippen LogP contribution is -2.40. The highest BCUT2D eigenvalue weighted by Crippen LogP contribution is 2.33. The maximum absolute atomic E-state index is 13.2. The molecule has 214 valence electrons. The fourth-order valence-electron chi connectivity index (χ4n) is 5.96. The number of carbonyl (C=O) groups is 1. The summed E-state index contributed by atoms with van der Waals surface area (Å²) in [6.07, 6.45) is 7.01. The summed E-state index contributed by atoms with van der Waals surface area (Å²) in [5, 5.41) is 3.02. The van der Waals surface area contributed by atoms with E-state index in [-0.39, 0.29) is 30.1 Å². The molecule has 0 aromatic heterocycles. The predicted octanol–water partition coefficient (Wildman–Crippen LogP) is 4.09. The molecule has 2 fully saturated rings. The van der Waals surface area contributed by atoms with Crippen LogP contribution in [0.15, 0.2) is 59.5 Å². The Balaban J connectivity index is 1.14. The van der Waals surface area contributed by atoms with Gasteiger partial charge < -0.3 is 15.0 Å². The molecule has 1 heterocycles. The molecule has 2 aromatic carbocycles. The van der Waals surface area contributed by atoms with Crippen molar-refractivity contribution in [3.05, 3.63) is 66.0 Å². The SMILES string of the molecule is CN(C)C(CCc1ccccc1)C1CCC(CNC(=O)COC2CCN(S(=O)(=O)c3ccc(F)cc3)C2)CC1. The van der Waals surface area contributed by atoms with Crippen LogP contribution >= 0.6 is 0 Å². The van der Waals surface area contributed by atoms with Crippen LogP contribution in [0.25, 0.3) is 0 Å². The number of hydrogen-bond acceptors (Lipinski definition) is 5. The second-order valence-electron chi connectivity index (χ2n) is 11.2. The molecule has 1 N–H and O–H groups in total. The van der Waals surface area contributed by atoms with Crippen molar-refractivity contribution in [1.29, 1.82) is 0 Å². The number of halogens is 1. The van der Waals surface area contributed by atoms with E-state index in [1.165, 1.54) is 34.8 Å². The summed E-state index contributed by atoms with van der Waals surface area (Å²) in [6.45, 7) is 1.08. The molecule has 9 heteroatoms. The summed E-state index contributed by atoms with van der Waals surface area (Å²) in [4.78, 5) is 14.9. The van der Waals surface area contributed by atoms with E-state index in [9.17, 15) is 17.6 Å². The van der Waals surface area contributed by atoms with E-state index >= 15 is 0 Å². The zero-order valence-corrected chi connectivity index (χ0v) is 23.9. The van der Waals surface area contributed by atoms with Gasteiger partial charge in [0.15, 0.2) is 0 Å².